The number of methoxy groups -OCH3 is 1. The van der Waals surface area contributed by atoms with E-state index in [-0.39, 0.29) is 53.7 Å². The van der Waals surface area contributed by atoms with Gasteiger partial charge in [-0.2, -0.15) is 18.3 Å². The summed E-state index contributed by atoms with van der Waals surface area (Å²) in [4.78, 5) is 59.5. The fourth-order valence-electron chi connectivity index (χ4n) is 8.32. The number of carbonyl (C=O) groups excluding carboxylic acids is 4. The standard InChI is InChI=1S/C39H39F5N8O5/c1-57-32-16-30-22(13-31(32)46-37(55)29-3-2-4-33(45-29)39(42,43)44)18-52(48-30)23-8-11-49(12-9-23)25-19-51(20-25)38(56)21-7-10-50(17-21)24-14-27(40)35(28(41)15-24)26-5-6-34(53)47-36(26)54/h2-4,13-16,18,21,23,25-26H,5-12,17,19-20H2,1H3,(H,46,55)(H,47,53,54)/t21-,26-/m1/s1. The molecule has 2 N–H and O–H groups in total. The molecule has 8 rings (SSSR count). The molecule has 4 aromatic rings. The lowest BCUT2D eigenvalue weighted by Crippen LogP contribution is -2.63. The molecule has 13 nitrogen and oxygen atoms in total. The molecule has 0 unspecified atom stereocenters. The van der Waals surface area contributed by atoms with Crippen molar-refractivity contribution in [3.8, 4) is 5.75 Å². The average molecular weight is 795 g/mol. The number of rotatable bonds is 8. The number of benzene rings is 2. The topological polar surface area (TPSA) is 142 Å². The van der Waals surface area contributed by atoms with Crippen molar-refractivity contribution in [3.63, 3.8) is 0 Å². The zero-order chi connectivity index (χ0) is 40.2. The molecule has 6 heterocycles. The molecule has 4 saturated heterocycles. The van der Waals surface area contributed by atoms with Gasteiger partial charge in [0.15, 0.2) is 0 Å². The fraction of sp³-hybridized carbons (Fsp3) is 0.436. The van der Waals surface area contributed by atoms with Crippen LogP contribution in [0.2, 0.25) is 0 Å². The van der Waals surface area contributed by atoms with Gasteiger partial charge in [-0.1, -0.05) is 6.07 Å². The molecule has 0 spiro atoms. The van der Waals surface area contributed by atoms with Crippen LogP contribution in [0.5, 0.6) is 5.75 Å². The molecule has 4 aliphatic rings. The number of alkyl halides is 3. The number of fused-ring (bicyclic) bond motifs is 1. The molecule has 4 aliphatic heterocycles. The molecular weight excluding hydrogens is 755 g/mol. The highest BCUT2D eigenvalue weighted by Gasteiger charge is 2.41. The van der Waals surface area contributed by atoms with E-state index in [4.69, 9.17) is 9.84 Å². The molecule has 0 aliphatic carbocycles. The van der Waals surface area contributed by atoms with Crippen molar-refractivity contribution < 1.29 is 45.9 Å². The summed E-state index contributed by atoms with van der Waals surface area (Å²) in [5, 5.41) is 10.2. The Kier molecular flexibility index (Phi) is 10.1. The first-order chi connectivity index (χ1) is 27.2. The number of nitrogens with one attached hydrogen (secondary N) is 2. The largest absolute Gasteiger partial charge is 0.494 e. The van der Waals surface area contributed by atoms with E-state index in [0.29, 0.717) is 54.9 Å². The van der Waals surface area contributed by atoms with Gasteiger partial charge < -0.3 is 19.9 Å². The second kappa shape index (κ2) is 15.0. The lowest BCUT2D eigenvalue weighted by molar-refractivity contribution is -0.143. The van der Waals surface area contributed by atoms with Crippen LogP contribution in [0, 0.1) is 17.6 Å². The summed E-state index contributed by atoms with van der Waals surface area (Å²) >= 11 is 0. The molecule has 300 valence electrons. The minimum absolute atomic E-state index is 0.00807. The van der Waals surface area contributed by atoms with E-state index in [1.165, 1.54) is 25.3 Å². The van der Waals surface area contributed by atoms with Gasteiger partial charge in [0.05, 0.1) is 36.2 Å². The minimum Gasteiger partial charge on any atom is -0.494 e. The number of amides is 4. The number of imide groups is 1. The molecular formula is C39H39F5N8O5. The maximum Gasteiger partial charge on any atom is 0.433 e. The van der Waals surface area contributed by atoms with Crippen LogP contribution in [-0.4, -0.2) is 101 Å². The normalized spacial score (nSPS) is 21.2. The number of ether oxygens (including phenoxy) is 1. The molecule has 2 aromatic carbocycles. The molecule has 4 fully saturated rings. The van der Waals surface area contributed by atoms with Crippen LogP contribution in [0.15, 0.2) is 48.7 Å². The first-order valence-corrected chi connectivity index (χ1v) is 18.8. The zero-order valence-corrected chi connectivity index (χ0v) is 30.8. The van der Waals surface area contributed by atoms with Crippen molar-refractivity contribution in [2.24, 2.45) is 5.92 Å². The van der Waals surface area contributed by atoms with E-state index in [0.717, 1.165) is 38.1 Å². The van der Waals surface area contributed by atoms with Gasteiger partial charge in [0.2, 0.25) is 17.7 Å². The Bertz CT molecular complexity index is 2230. The van der Waals surface area contributed by atoms with E-state index in [9.17, 15) is 32.3 Å². The summed E-state index contributed by atoms with van der Waals surface area (Å²) in [5.41, 5.74) is -0.699. The molecule has 4 amide bonds. The quantitative estimate of drug-likeness (QED) is 0.189. The minimum atomic E-state index is -4.69. The van der Waals surface area contributed by atoms with E-state index in [1.54, 1.807) is 17.0 Å². The number of nitrogens with zero attached hydrogens (tertiary/aromatic N) is 6. The number of halogens is 5. The van der Waals surface area contributed by atoms with Crippen LogP contribution in [0.4, 0.5) is 33.3 Å². The lowest BCUT2D eigenvalue weighted by atomic mass is 9.89. The van der Waals surface area contributed by atoms with Gasteiger partial charge in [0, 0.05) is 80.6 Å². The van der Waals surface area contributed by atoms with Crippen molar-refractivity contribution in [1.29, 1.82) is 0 Å². The maximum absolute atomic E-state index is 15.2. The van der Waals surface area contributed by atoms with Gasteiger partial charge in [-0.3, -0.25) is 34.1 Å². The van der Waals surface area contributed by atoms with Crippen LogP contribution in [0.25, 0.3) is 10.9 Å². The van der Waals surface area contributed by atoms with E-state index >= 15 is 8.78 Å². The van der Waals surface area contributed by atoms with Crippen LogP contribution in [-0.2, 0) is 20.6 Å². The molecule has 2 atom stereocenters. The number of hydrogen-bond donors (Lipinski definition) is 2. The Morgan fingerprint density at radius 1 is 0.930 bits per heavy atom. The van der Waals surface area contributed by atoms with Gasteiger partial charge in [0.25, 0.3) is 5.91 Å². The Morgan fingerprint density at radius 2 is 1.67 bits per heavy atom. The Morgan fingerprint density at radius 3 is 2.35 bits per heavy atom. The lowest BCUT2D eigenvalue weighted by Gasteiger charge is -2.48. The number of aromatic nitrogens is 3. The first kappa shape index (κ1) is 38.2. The van der Waals surface area contributed by atoms with Gasteiger partial charge in [-0.05, 0) is 56.0 Å². The number of carbonyl (C=O) groups is 4. The molecule has 0 radical (unpaired) electrons. The van der Waals surface area contributed by atoms with Crippen molar-refractivity contribution in [1.82, 2.24) is 29.9 Å². The number of hydrogen-bond acceptors (Lipinski definition) is 9. The summed E-state index contributed by atoms with van der Waals surface area (Å²) in [5.74, 6) is -4.77. The number of piperidine rings is 2. The van der Waals surface area contributed by atoms with Crippen molar-refractivity contribution in [3.05, 3.63) is 77.2 Å². The highest BCUT2D eigenvalue weighted by Crippen LogP contribution is 2.36. The number of pyridine rings is 1. The summed E-state index contributed by atoms with van der Waals surface area (Å²) < 4.78 is 77.1. The van der Waals surface area contributed by atoms with E-state index in [2.05, 4.69) is 20.5 Å². The SMILES string of the molecule is COc1cc2nn(C3CCN(C4CN(C(=O)[C@@H]5CCN(c6cc(F)c([C@H]7CCC(=O)NC7=O)c(F)c6)C5)C4)CC3)cc2cc1NC(=O)c1cccc(C(F)(F)F)n1. The molecule has 0 bridgehead atoms. The molecule has 18 heteroatoms. The highest BCUT2D eigenvalue weighted by molar-refractivity contribution is 6.05. The summed E-state index contributed by atoms with van der Waals surface area (Å²) in [6.45, 7) is 3.57. The number of likely N-dealkylation sites (tertiary alicyclic amines) is 2. The predicted octanol–water partition coefficient (Wildman–Crippen LogP) is 4.88. The van der Waals surface area contributed by atoms with Crippen LogP contribution in [0.3, 0.4) is 0 Å². The van der Waals surface area contributed by atoms with Gasteiger partial charge in [-0.15, -0.1) is 0 Å². The monoisotopic (exact) mass is 794 g/mol. The van der Waals surface area contributed by atoms with Gasteiger partial charge in [-0.25, -0.2) is 13.8 Å². The summed E-state index contributed by atoms with van der Waals surface area (Å²) in [6.07, 6.45) is -0.599. The predicted molar refractivity (Wildman–Crippen MR) is 195 cm³/mol. The third-order valence-electron chi connectivity index (χ3n) is 11.5. The second-order valence-electron chi connectivity index (χ2n) is 15.0. The van der Waals surface area contributed by atoms with Gasteiger partial charge >= 0.3 is 6.18 Å². The van der Waals surface area contributed by atoms with Gasteiger partial charge in [0.1, 0.15) is 28.8 Å². The fourth-order valence-corrected chi connectivity index (χ4v) is 8.32. The van der Waals surface area contributed by atoms with Crippen LogP contribution < -0.4 is 20.3 Å². The smallest absolute Gasteiger partial charge is 0.433 e. The Labute approximate surface area is 323 Å². The second-order valence-corrected chi connectivity index (χ2v) is 15.0. The summed E-state index contributed by atoms with van der Waals surface area (Å²) in [7, 11) is 1.42. The Hall–Kier alpha value is -5.65. The average Bonchev–Trinajstić information content (AvgIpc) is 3.82. The molecule has 57 heavy (non-hydrogen) atoms. The third kappa shape index (κ3) is 7.61. The first-order valence-electron chi connectivity index (χ1n) is 18.8. The number of anilines is 2. The van der Waals surface area contributed by atoms with Crippen molar-refractivity contribution >= 4 is 45.9 Å². The molecule has 0 saturated carbocycles. The summed E-state index contributed by atoms with van der Waals surface area (Å²) in [6, 6.07) is 9.16. The zero-order valence-electron chi connectivity index (χ0n) is 30.8. The van der Waals surface area contributed by atoms with Crippen LogP contribution in [0.1, 0.15) is 65.8 Å². The van der Waals surface area contributed by atoms with Crippen molar-refractivity contribution in [2.45, 2.75) is 56.3 Å². The maximum atomic E-state index is 15.2. The van der Waals surface area contributed by atoms with Crippen LogP contribution >= 0.6 is 0 Å². The Balaban J connectivity index is 0.832. The van der Waals surface area contributed by atoms with E-state index < -0.39 is 47.1 Å². The van der Waals surface area contributed by atoms with Crippen molar-refractivity contribution in [2.75, 3.05) is 56.6 Å². The third-order valence-corrected chi connectivity index (χ3v) is 11.5. The van der Waals surface area contributed by atoms with E-state index in [1.807, 2.05) is 15.8 Å². The highest BCUT2D eigenvalue weighted by atomic mass is 19.4. The molecule has 2 aromatic heterocycles.